The van der Waals surface area contributed by atoms with Gasteiger partial charge in [-0.05, 0) is 45.0 Å². The second kappa shape index (κ2) is 15.1. The molecule has 2 rings (SSSR count). The molecule has 1 aromatic carbocycles. The molecule has 0 aromatic heterocycles. The van der Waals surface area contributed by atoms with Gasteiger partial charge in [-0.1, -0.05) is 61.9 Å². The molecule has 1 saturated heterocycles. The Hall–Kier alpha value is -1.94. The average Bonchev–Trinajstić information content (AvgIpc) is 2.83. The van der Waals surface area contributed by atoms with Crippen molar-refractivity contribution in [2.24, 2.45) is 5.73 Å². The highest BCUT2D eigenvalue weighted by atomic mass is 32.1. The summed E-state index contributed by atoms with van der Waals surface area (Å²) in [5.74, 6) is 0. The van der Waals surface area contributed by atoms with Gasteiger partial charge in [-0.15, -0.1) is 0 Å². The minimum Gasteiger partial charge on any atom is -0.375 e. The smallest absolute Gasteiger partial charge is 0.375 e. The zero-order valence-corrected chi connectivity index (χ0v) is 21.8. The van der Waals surface area contributed by atoms with Gasteiger partial charge in [-0.25, -0.2) is 5.43 Å². The van der Waals surface area contributed by atoms with Crippen LogP contribution in [0.5, 0.6) is 0 Å². The molecule has 192 valence electrons. The molecule has 1 aliphatic rings. The Morgan fingerprint density at radius 3 is 2.15 bits per heavy atom. The maximum Gasteiger partial charge on any atom is 0.412 e. The molecule has 9 heteroatoms. The highest BCUT2D eigenvalue weighted by Crippen LogP contribution is 2.31. The Bertz CT molecular complexity index is 787. The molecule has 0 saturated carbocycles. The fraction of sp³-hybridized carbons (Fsp3) is 0.560. The standard InChI is InChI=1S/C23H34F3N5S.C2H6/c1-4-19(16-28-29-22(27)32)15-21(23(24,25)26)14-17(2)30-10-12-31(13-11-30)18(3)20-8-6-5-7-9-20;1-2/h4-9,14,17-18,28H,10-13,15-16H2,1-3H3,(H3,27,29,32);1-2H3/b19-4+,21-14+;. The lowest BCUT2D eigenvalue weighted by molar-refractivity contribution is -0.0939. The zero-order valence-electron chi connectivity index (χ0n) is 21.0. The first-order valence-electron chi connectivity index (χ1n) is 11.8. The molecule has 2 atom stereocenters. The van der Waals surface area contributed by atoms with Crippen molar-refractivity contribution in [3.8, 4) is 0 Å². The number of alkyl halides is 3. The Balaban J connectivity index is 0.00000281. The van der Waals surface area contributed by atoms with E-state index < -0.39 is 11.7 Å². The van der Waals surface area contributed by atoms with Crippen LogP contribution in [0, 0.1) is 0 Å². The van der Waals surface area contributed by atoms with E-state index in [0.29, 0.717) is 5.57 Å². The van der Waals surface area contributed by atoms with Gasteiger partial charge in [0.05, 0.1) is 0 Å². The van der Waals surface area contributed by atoms with Gasteiger partial charge in [0.25, 0.3) is 0 Å². The molecule has 1 aromatic rings. The van der Waals surface area contributed by atoms with Crippen LogP contribution in [0.2, 0.25) is 0 Å². The lowest BCUT2D eigenvalue weighted by atomic mass is 10.0. The number of rotatable bonds is 9. The van der Waals surface area contributed by atoms with E-state index in [-0.39, 0.29) is 30.2 Å². The average molecular weight is 500 g/mol. The van der Waals surface area contributed by atoms with Crippen LogP contribution in [0.25, 0.3) is 0 Å². The number of nitrogens with one attached hydrogen (secondary N) is 2. The first kappa shape index (κ1) is 30.1. The maximum absolute atomic E-state index is 13.8. The van der Waals surface area contributed by atoms with Gasteiger partial charge < -0.3 is 5.73 Å². The highest BCUT2D eigenvalue weighted by molar-refractivity contribution is 7.80. The molecule has 0 spiro atoms. The molecule has 4 N–H and O–H groups in total. The summed E-state index contributed by atoms with van der Waals surface area (Å²) in [6, 6.07) is 10.3. The highest BCUT2D eigenvalue weighted by Gasteiger charge is 2.35. The van der Waals surface area contributed by atoms with Crippen LogP contribution in [0.1, 0.15) is 52.6 Å². The van der Waals surface area contributed by atoms with Gasteiger partial charge in [0.1, 0.15) is 0 Å². The first-order chi connectivity index (χ1) is 16.1. The number of nitrogens with two attached hydrogens (primary N) is 1. The van der Waals surface area contributed by atoms with Crippen molar-refractivity contribution < 1.29 is 13.2 Å². The van der Waals surface area contributed by atoms with Gasteiger partial charge in [-0.3, -0.25) is 15.2 Å². The van der Waals surface area contributed by atoms with Crippen LogP contribution in [0.3, 0.4) is 0 Å². The predicted octanol–water partition coefficient (Wildman–Crippen LogP) is 4.94. The number of hydrogen-bond donors (Lipinski definition) is 3. The summed E-state index contributed by atoms with van der Waals surface area (Å²) in [6.45, 7) is 13.1. The summed E-state index contributed by atoms with van der Waals surface area (Å²) in [4.78, 5) is 4.49. The Morgan fingerprint density at radius 2 is 1.65 bits per heavy atom. The number of hydrazine groups is 1. The third-order valence-electron chi connectivity index (χ3n) is 5.91. The normalized spacial score (nSPS) is 18.0. The van der Waals surface area contributed by atoms with E-state index in [2.05, 4.69) is 39.7 Å². The molecule has 0 bridgehead atoms. The van der Waals surface area contributed by atoms with Crippen molar-refractivity contribution in [2.45, 2.75) is 59.3 Å². The summed E-state index contributed by atoms with van der Waals surface area (Å²) >= 11 is 4.70. The summed E-state index contributed by atoms with van der Waals surface area (Å²) in [5, 5.41) is 0.0430. The Kier molecular flexibility index (Phi) is 13.4. The van der Waals surface area contributed by atoms with E-state index in [1.807, 2.05) is 39.0 Å². The quantitative estimate of drug-likeness (QED) is 0.254. The summed E-state index contributed by atoms with van der Waals surface area (Å²) in [7, 11) is 0. The largest absolute Gasteiger partial charge is 0.412 e. The van der Waals surface area contributed by atoms with Crippen LogP contribution < -0.4 is 16.6 Å². The van der Waals surface area contributed by atoms with Gasteiger partial charge in [0.15, 0.2) is 5.11 Å². The van der Waals surface area contributed by atoms with Crippen molar-refractivity contribution in [2.75, 3.05) is 32.7 Å². The van der Waals surface area contributed by atoms with E-state index in [0.717, 1.165) is 26.2 Å². The molecule has 1 heterocycles. The molecule has 0 radical (unpaired) electrons. The van der Waals surface area contributed by atoms with E-state index in [9.17, 15) is 13.2 Å². The third-order valence-corrected chi connectivity index (χ3v) is 6.02. The summed E-state index contributed by atoms with van der Waals surface area (Å²) < 4.78 is 41.3. The Morgan fingerprint density at radius 1 is 1.09 bits per heavy atom. The maximum atomic E-state index is 13.8. The molecule has 5 nitrogen and oxygen atoms in total. The van der Waals surface area contributed by atoms with Crippen molar-refractivity contribution >= 4 is 17.3 Å². The molecule has 0 aliphatic carbocycles. The van der Waals surface area contributed by atoms with E-state index in [4.69, 9.17) is 18.0 Å². The Labute approximate surface area is 208 Å². The van der Waals surface area contributed by atoms with Crippen LogP contribution in [-0.2, 0) is 0 Å². The number of allylic oxidation sites excluding steroid dienone is 2. The van der Waals surface area contributed by atoms with Crippen molar-refractivity contribution in [1.29, 1.82) is 0 Å². The third kappa shape index (κ3) is 10.1. The number of benzene rings is 1. The van der Waals surface area contributed by atoms with Crippen LogP contribution in [0.4, 0.5) is 13.2 Å². The number of nitrogens with zero attached hydrogens (tertiary/aromatic N) is 2. The fourth-order valence-electron chi connectivity index (χ4n) is 3.88. The van der Waals surface area contributed by atoms with Crippen molar-refractivity contribution in [3.05, 3.63) is 59.2 Å². The van der Waals surface area contributed by atoms with Crippen molar-refractivity contribution in [3.63, 3.8) is 0 Å². The number of thiocarbonyl (C=S) groups is 1. The van der Waals surface area contributed by atoms with E-state index >= 15 is 0 Å². The van der Waals surface area contributed by atoms with Crippen molar-refractivity contribution in [1.82, 2.24) is 20.7 Å². The topological polar surface area (TPSA) is 56.6 Å². The predicted molar refractivity (Wildman–Crippen MR) is 139 cm³/mol. The molecule has 1 aliphatic heterocycles. The van der Waals surface area contributed by atoms with E-state index in [1.165, 1.54) is 11.6 Å². The zero-order chi connectivity index (χ0) is 25.7. The second-order valence-corrected chi connectivity index (χ2v) is 8.50. The van der Waals surface area contributed by atoms with Crippen LogP contribution in [0.15, 0.2) is 53.6 Å². The molecular weight excluding hydrogens is 459 g/mol. The minimum atomic E-state index is -4.39. The van der Waals surface area contributed by atoms with Gasteiger partial charge in [0, 0.05) is 50.4 Å². The lowest BCUT2D eigenvalue weighted by Gasteiger charge is -2.40. The summed E-state index contributed by atoms with van der Waals surface area (Å²) in [5.41, 5.74) is 12.0. The number of hydrogen-bond acceptors (Lipinski definition) is 4. The lowest BCUT2D eigenvalue weighted by Crippen LogP contribution is -2.49. The van der Waals surface area contributed by atoms with Gasteiger partial charge in [-0.2, -0.15) is 13.2 Å². The monoisotopic (exact) mass is 499 g/mol. The molecule has 2 unspecified atom stereocenters. The molecule has 1 fully saturated rings. The SMILES string of the molecule is C/C=C(/CNNC(N)=S)C/C(=C\C(C)N1CCN(C(C)c2ccccc2)CC1)C(F)(F)F.CC. The first-order valence-corrected chi connectivity index (χ1v) is 12.3. The number of piperazine rings is 1. The summed E-state index contributed by atoms with van der Waals surface area (Å²) in [6.07, 6.45) is -1.52. The molecule has 0 amide bonds. The molecule has 34 heavy (non-hydrogen) atoms. The minimum absolute atomic E-state index is 0.0430. The molecular formula is C25H40F3N5S. The second-order valence-electron chi connectivity index (χ2n) is 8.06. The van der Waals surface area contributed by atoms with Crippen LogP contribution >= 0.6 is 12.2 Å². The van der Waals surface area contributed by atoms with E-state index in [1.54, 1.807) is 13.0 Å². The number of halogens is 3. The van der Waals surface area contributed by atoms with Crippen LogP contribution in [-0.4, -0.2) is 59.9 Å². The van der Waals surface area contributed by atoms with Gasteiger partial charge in [0.2, 0.25) is 0 Å². The fourth-order valence-corrected chi connectivity index (χ4v) is 3.95. The van der Waals surface area contributed by atoms with Gasteiger partial charge >= 0.3 is 6.18 Å².